The highest BCUT2D eigenvalue weighted by Gasteiger charge is 2.39. The van der Waals surface area contributed by atoms with Crippen LogP contribution in [0.1, 0.15) is 25.0 Å². The minimum Gasteiger partial charge on any atom is -0.449 e. The average Bonchev–Trinajstić information content (AvgIpc) is 3.46. The largest absolute Gasteiger partial charge is 0.449 e. The van der Waals surface area contributed by atoms with Crippen LogP contribution in [-0.2, 0) is 5.41 Å². The third-order valence-electron chi connectivity index (χ3n) is 10.4. The van der Waals surface area contributed by atoms with Gasteiger partial charge in [0.1, 0.15) is 0 Å². The van der Waals surface area contributed by atoms with E-state index in [2.05, 4.69) is 111 Å². The van der Waals surface area contributed by atoms with Crippen molar-refractivity contribution in [1.82, 2.24) is 15.0 Å². The summed E-state index contributed by atoms with van der Waals surface area (Å²) in [4.78, 5) is 15.3. The maximum Gasteiger partial charge on any atom is 0.178 e. The molecule has 0 radical (unpaired) electrons. The molecule has 1 aromatic heterocycles. The van der Waals surface area contributed by atoms with Gasteiger partial charge >= 0.3 is 0 Å². The van der Waals surface area contributed by atoms with E-state index in [-0.39, 0.29) is 5.41 Å². The van der Waals surface area contributed by atoms with Gasteiger partial charge in [0.05, 0.1) is 0 Å². The van der Waals surface area contributed by atoms with Gasteiger partial charge in [-0.05, 0) is 51.6 Å². The standard InChI is InChI=1S/C48H33N3O2/c1-48(2)38-25-12-11-23-37(38)42-39(48)27-28-41-44(42)53-40-26-14-24-35(43(40)52-41)34-21-9-10-22-36(34)47-50-45(31-17-7-4-8-18-31)49-46(51-47)33-20-13-19-32(29-33)30-15-5-3-6-16-30/h3-29H,1-2H3. The SMILES string of the molecule is CC1(C)c2ccccc2-c2c1ccc1c2Oc2cccc(-c3ccccc3-c3nc(-c4ccccc4)nc(-c4cccc(-c5ccccc5)c4)n3)c2O1. The van der Waals surface area contributed by atoms with E-state index >= 15 is 0 Å². The first-order valence-electron chi connectivity index (χ1n) is 17.9. The predicted molar refractivity (Wildman–Crippen MR) is 211 cm³/mol. The van der Waals surface area contributed by atoms with Gasteiger partial charge in [0, 0.05) is 33.2 Å². The lowest BCUT2D eigenvalue weighted by Crippen LogP contribution is -2.15. The minimum atomic E-state index is -0.143. The summed E-state index contributed by atoms with van der Waals surface area (Å²) in [6.07, 6.45) is 0. The molecule has 1 aliphatic carbocycles. The molecule has 0 spiro atoms. The average molecular weight is 684 g/mol. The second-order valence-corrected chi connectivity index (χ2v) is 14.0. The molecule has 5 nitrogen and oxygen atoms in total. The van der Waals surface area contributed by atoms with Crippen molar-refractivity contribution in [3.05, 3.63) is 175 Å². The maximum atomic E-state index is 6.83. The lowest BCUT2D eigenvalue weighted by atomic mass is 9.82. The fraction of sp³-hybridized carbons (Fsp3) is 0.0625. The van der Waals surface area contributed by atoms with Gasteiger partial charge in [-0.15, -0.1) is 0 Å². The van der Waals surface area contributed by atoms with Crippen LogP contribution in [0.3, 0.4) is 0 Å². The molecule has 252 valence electrons. The van der Waals surface area contributed by atoms with E-state index in [1.807, 2.05) is 66.7 Å². The number of benzene rings is 7. The van der Waals surface area contributed by atoms with E-state index in [1.165, 1.54) is 16.7 Å². The van der Waals surface area contributed by atoms with Gasteiger partial charge in [-0.1, -0.05) is 159 Å². The number of fused-ring (bicyclic) bond motifs is 6. The van der Waals surface area contributed by atoms with Crippen LogP contribution in [0.25, 0.3) is 67.5 Å². The van der Waals surface area contributed by atoms with E-state index in [9.17, 15) is 0 Å². The molecule has 8 aromatic rings. The van der Waals surface area contributed by atoms with Gasteiger partial charge in [0.2, 0.25) is 0 Å². The molecular formula is C48H33N3O2. The summed E-state index contributed by atoms with van der Waals surface area (Å²) in [5.41, 5.74) is 11.4. The molecule has 0 fully saturated rings. The molecule has 7 aromatic carbocycles. The van der Waals surface area contributed by atoms with Crippen LogP contribution < -0.4 is 9.47 Å². The van der Waals surface area contributed by atoms with E-state index in [4.69, 9.17) is 24.4 Å². The molecule has 5 heteroatoms. The molecule has 0 unspecified atom stereocenters. The Morgan fingerprint density at radius 2 is 0.925 bits per heavy atom. The van der Waals surface area contributed by atoms with Crippen molar-refractivity contribution in [3.8, 4) is 90.5 Å². The first-order chi connectivity index (χ1) is 26.0. The first kappa shape index (κ1) is 30.9. The van der Waals surface area contributed by atoms with Crippen LogP contribution in [-0.4, -0.2) is 15.0 Å². The second kappa shape index (κ2) is 12.1. The fourth-order valence-corrected chi connectivity index (χ4v) is 7.78. The molecule has 10 rings (SSSR count). The van der Waals surface area contributed by atoms with Crippen molar-refractivity contribution >= 4 is 0 Å². The Labute approximate surface area is 308 Å². The number of para-hydroxylation sites is 1. The Balaban J connectivity index is 1.10. The summed E-state index contributed by atoms with van der Waals surface area (Å²) < 4.78 is 13.6. The molecule has 0 N–H and O–H groups in total. The molecule has 0 bridgehead atoms. The van der Waals surface area contributed by atoms with Gasteiger partial charge in [-0.2, -0.15) is 0 Å². The summed E-state index contributed by atoms with van der Waals surface area (Å²) in [6, 6.07) is 55.9. The summed E-state index contributed by atoms with van der Waals surface area (Å²) in [5, 5.41) is 0. The highest BCUT2D eigenvalue weighted by Crippen LogP contribution is 2.59. The first-order valence-corrected chi connectivity index (χ1v) is 17.9. The highest BCUT2D eigenvalue weighted by atomic mass is 16.6. The Morgan fingerprint density at radius 3 is 1.72 bits per heavy atom. The van der Waals surface area contributed by atoms with E-state index in [0.717, 1.165) is 50.3 Å². The molecule has 0 amide bonds. The summed E-state index contributed by atoms with van der Waals surface area (Å²) in [6.45, 7) is 4.54. The fourth-order valence-electron chi connectivity index (χ4n) is 7.78. The van der Waals surface area contributed by atoms with Crippen LogP contribution in [0.4, 0.5) is 0 Å². The Hall–Kier alpha value is -6.85. The summed E-state index contributed by atoms with van der Waals surface area (Å²) >= 11 is 0. The third-order valence-corrected chi connectivity index (χ3v) is 10.4. The Morgan fingerprint density at radius 1 is 0.377 bits per heavy atom. The van der Waals surface area contributed by atoms with E-state index in [0.29, 0.717) is 34.7 Å². The Bertz CT molecular complexity index is 2700. The van der Waals surface area contributed by atoms with E-state index in [1.54, 1.807) is 0 Å². The highest BCUT2D eigenvalue weighted by molar-refractivity contribution is 5.90. The monoisotopic (exact) mass is 683 g/mol. The van der Waals surface area contributed by atoms with Gasteiger partial charge in [-0.3, -0.25) is 0 Å². The number of rotatable bonds is 5. The van der Waals surface area contributed by atoms with Gasteiger partial charge in [-0.25, -0.2) is 15.0 Å². The molecule has 0 saturated carbocycles. The molecule has 0 atom stereocenters. The molecular weight excluding hydrogens is 651 g/mol. The minimum absolute atomic E-state index is 0.143. The third kappa shape index (κ3) is 5.12. The van der Waals surface area contributed by atoms with Crippen molar-refractivity contribution in [2.75, 3.05) is 0 Å². The topological polar surface area (TPSA) is 57.1 Å². The summed E-state index contributed by atoms with van der Waals surface area (Å²) in [7, 11) is 0. The number of nitrogens with zero attached hydrogens (tertiary/aromatic N) is 3. The Kier molecular flexibility index (Phi) is 7.08. The zero-order valence-electron chi connectivity index (χ0n) is 29.2. The molecule has 1 aliphatic heterocycles. The van der Waals surface area contributed by atoms with Crippen molar-refractivity contribution in [3.63, 3.8) is 0 Å². The summed E-state index contributed by atoms with van der Waals surface area (Å²) in [5.74, 6) is 4.55. The van der Waals surface area contributed by atoms with Crippen molar-refractivity contribution in [1.29, 1.82) is 0 Å². The number of ether oxygens (including phenoxy) is 2. The lowest BCUT2D eigenvalue weighted by Gasteiger charge is -2.26. The zero-order chi connectivity index (χ0) is 35.5. The zero-order valence-corrected chi connectivity index (χ0v) is 29.2. The van der Waals surface area contributed by atoms with Crippen molar-refractivity contribution < 1.29 is 9.47 Å². The normalized spacial score (nSPS) is 13.2. The number of hydrogen-bond donors (Lipinski definition) is 0. The van der Waals surface area contributed by atoms with Crippen molar-refractivity contribution in [2.24, 2.45) is 0 Å². The predicted octanol–water partition coefficient (Wildman–Crippen LogP) is 12.4. The van der Waals surface area contributed by atoms with Crippen molar-refractivity contribution in [2.45, 2.75) is 19.3 Å². The molecule has 2 aliphatic rings. The second-order valence-electron chi connectivity index (χ2n) is 14.0. The molecule has 53 heavy (non-hydrogen) atoms. The van der Waals surface area contributed by atoms with Crippen LogP contribution in [0, 0.1) is 0 Å². The van der Waals surface area contributed by atoms with Crippen LogP contribution in [0.5, 0.6) is 23.0 Å². The van der Waals surface area contributed by atoms with Crippen LogP contribution >= 0.6 is 0 Å². The smallest absolute Gasteiger partial charge is 0.178 e. The van der Waals surface area contributed by atoms with Crippen LogP contribution in [0.15, 0.2) is 164 Å². The molecule has 0 saturated heterocycles. The van der Waals surface area contributed by atoms with E-state index < -0.39 is 0 Å². The van der Waals surface area contributed by atoms with Gasteiger partial charge in [0.15, 0.2) is 40.5 Å². The quantitative estimate of drug-likeness (QED) is 0.181. The maximum absolute atomic E-state index is 6.83. The number of hydrogen-bond acceptors (Lipinski definition) is 5. The van der Waals surface area contributed by atoms with Crippen LogP contribution in [0.2, 0.25) is 0 Å². The number of aromatic nitrogens is 3. The van der Waals surface area contributed by atoms with Gasteiger partial charge in [0.25, 0.3) is 0 Å². The molecule has 2 heterocycles. The lowest BCUT2D eigenvalue weighted by molar-refractivity contribution is 0.361. The van der Waals surface area contributed by atoms with Gasteiger partial charge < -0.3 is 9.47 Å².